The van der Waals surface area contributed by atoms with Crippen LogP contribution in [0.4, 0.5) is 0 Å². The Morgan fingerprint density at radius 2 is 1.90 bits per heavy atom. The van der Waals surface area contributed by atoms with Gasteiger partial charge in [-0.1, -0.05) is 42.7 Å². The molecule has 2 aliphatic rings. The van der Waals surface area contributed by atoms with Crippen LogP contribution in [0.1, 0.15) is 63.1 Å². The van der Waals surface area contributed by atoms with Crippen molar-refractivity contribution in [1.82, 2.24) is 5.32 Å². The second-order valence-corrected chi connectivity index (χ2v) is 6.97. The molecule has 1 spiro atoms. The van der Waals surface area contributed by atoms with E-state index in [4.69, 9.17) is 4.74 Å². The van der Waals surface area contributed by atoms with Crippen LogP contribution in [0, 0.1) is 12.3 Å². The molecule has 0 bridgehead atoms. The minimum Gasteiger partial charge on any atom is -0.378 e. The first-order chi connectivity index (χ1) is 10.2. The van der Waals surface area contributed by atoms with Crippen molar-refractivity contribution in [2.45, 2.75) is 71.1 Å². The van der Waals surface area contributed by atoms with Gasteiger partial charge in [0, 0.05) is 24.1 Å². The molecular weight excluding hydrogens is 258 g/mol. The number of rotatable bonds is 5. The van der Waals surface area contributed by atoms with Gasteiger partial charge in [-0.15, -0.1) is 0 Å². The van der Waals surface area contributed by atoms with Crippen LogP contribution in [-0.2, 0) is 4.74 Å². The Hall–Kier alpha value is -0.860. The Morgan fingerprint density at radius 3 is 2.52 bits per heavy atom. The van der Waals surface area contributed by atoms with E-state index in [0.717, 1.165) is 6.61 Å². The van der Waals surface area contributed by atoms with Crippen LogP contribution >= 0.6 is 0 Å². The molecule has 3 atom stereocenters. The van der Waals surface area contributed by atoms with Crippen molar-refractivity contribution in [3.8, 4) is 0 Å². The molecule has 2 nitrogen and oxygen atoms in total. The predicted molar refractivity (Wildman–Crippen MR) is 87.4 cm³/mol. The van der Waals surface area contributed by atoms with Crippen LogP contribution in [-0.4, -0.2) is 18.8 Å². The molecule has 2 saturated carbocycles. The van der Waals surface area contributed by atoms with Crippen LogP contribution in [0.15, 0.2) is 24.3 Å². The van der Waals surface area contributed by atoms with Crippen molar-refractivity contribution in [3.05, 3.63) is 35.4 Å². The lowest BCUT2D eigenvalue weighted by molar-refractivity contribution is -0.132. The molecule has 116 valence electrons. The Labute approximate surface area is 129 Å². The lowest BCUT2D eigenvalue weighted by Gasteiger charge is -2.55. The van der Waals surface area contributed by atoms with Crippen molar-refractivity contribution in [3.63, 3.8) is 0 Å². The number of nitrogens with one attached hydrogen (secondary N) is 1. The zero-order valence-corrected chi connectivity index (χ0v) is 13.7. The molecule has 0 aromatic heterocycles. The number of aryl methyl sites for hydroxylation is 1. The quantitative estimate of drug-likeness (QED) is 0.867. The van der Waals surface area contributed by atoms with Gasteiger partial charge in [-0.25, -0.2) is 0 Å². The van der Waals surface area contributed by atoms with Gasteiger partial charge in [0.25, 0.3) is 0 Å². The molecule has 0 amide bonds. The predicted octanol–water partition coefficient (Wildman–Crippen LogP) is 4.38. The van der Waals surface area contributed by atoms with Crippen LogP contribution in [0.2, 0.25) is 0 Å². The minimum atomic E-state index is 0.426. The van der Waals surface area contributed by atoms with Gasteiger partial charge in [0.2, 0.25) is 0 Å². The molecule has 21 heavy (non-hydrogen) atoms. The van der Waals surface area contributed by atoms with E-state index in [1.807, 2.05) is 0 Å². The third-order valence-corrected chi connectivity index (χ3v) is 5.72. The molecule has 2 aliphatic carbocycles. The van der Waals surface area contributed by atoms with E-state index in [1.165, 1.54) is 43.2 Å². The van der Waals surface area contributed by atoms with Crippen molar-refractivity contribution in [2.24, 2.45) is 5.41 Å². The highest BCUT2D eigenvalue weighted by Crippen LogP contribution is 2.55. The Morgan fingerprint density at radius 1 is 1.24 bits per heavy atom. The summed E-state index contributed by atoms with van der Waals surface area (Å²) >= 11 is 0. The molecule has 1 aromatic carbocycles. The summed E-state index contributed by atoms with van der Waals surface area (Å²) in [5, 5.41) is 3.89. The summed E-state index contributed by atoms with van der Waals surface area (Å²) in [6.07, 6.45) is 7.12. The van der Waals surface area contributed by atoms with E-state index >= 15 is 0 Å². The van der Waals surface area contributed by atoms with Gasteiger partial charge in [0.05, 0.1) is 6.10 Å². The van der Waals surface area contributed by atoms with Crippen LogP contribution in [0.25, 0.3) is 0 Å². The van der Waals surface area contributed by atoms with Gasteiger partial charge < -0.3 is 10.1 Å². The molecule has 0 radical (unpaired) electrons. The molecule has 0 heterocycles. The minimum absolute atomic E-state index is 0.426. The van der Waals surface area contributed by atoms with Gasteiger partial charge in [-0.05, 0) is 45.6 Å². The summed E-state index contributed by atoms with van der Waals surface area (Å²) in [6.45, 7) is 7.42. The fourth-order valence-corrected chi connectivity index (χ4v) is 4.37. The number of ether oxygens (including phenoxy) is 1. The largest absolute Gasteiger partial charge is 0.378 e. The summed E-state index contributed by atoms with van der Waals surface area (Å²) in [5.74, 6) is 0. The Kier molecular flexibility index (Phi) is 4.37. The van der Waals surface area contributed by atoms with Crippen molar-refractivity contribution < 1.29 is 4.74 Å². The Balaban J connectivity index is 1.66. The summed E-state index contributed by atoms with van der Waals surface area (Å²) in [7, 11) is 0. The fraction of sp³-hybridized carbons (Fsp3) is 0.684. The highest BCUT2D eigenvalue weighted by Gasteiger charge is 2.56. The highest BCUT2D eigenvalue weighted by molar-refractivity contribution is 5.24. The molecule has 0 aliphatic heterocycles. The molecule has 0 saturated heterocycles. The van der Waals surface area contributed by atoms with Gasteiger partial charge >= 0.3 is 0 Å². The topological polar surface area (TPSA) is 21.3 Å². The Bertz CT molecular complexity index is 461. The average Bonchev–Trinajstić information content (AvgIpc) is 2.99. The van der Waals surface area contributed by atoms with Gasteiger partial charge in [-0.3, -0.25) is 0 Å². The van der Waals surface area contributed by atoms with Crippen LogP contribution in [0.3, 0.4) is 0 Å². The molecular formula is C19H29NO. The van der Waals surface area contributed by atoms with E-state index in [2.05, 4.69) is 50.4 Å². The SMILES string of the molecule is CCOC1CC(NC(C)c2ccc(C)cc2)C12CCCC2. The third-order valence-electron chi connectivity index (χ3n) is 5.72. The first-order valence-electron chi connectivity index (χ1n) is 8.60. The molecule has 3 rings (SSSR count). The maximum atomic E-state index is 6.01. The van der Waals surface area contributed by atoms with E-state index in [-0.39, 0.29) is 0 Å². The van der Waals surface area contributed by atoms with Gasteiger partial charge in [0.1, 0.15) is 0 Å². The number of benzene rings is 1. The first kappa shape index (κ1) is 15.1. The maximum Gasteiger partial charge on any atom is 0.0661 e. The maximum absolute atomic E-state index is 6.01. The summed E-state index contributed by atoms with van der Waals surface area (Å²) in [5.41, 5.74) is 3.15. The van der Waals surface area contributed by atoms with Crippen LogP contribution < -0.4 is 5.32 Å². The lowest BCUT2D eigenvalue weighted by atomic mass is 9.60. The van der Waals surface area contributed by atoms with Gasteiger partial charge in [0.15, 0.2) is 0 Å². The molecule has 2 heteroatoms. The summed E-state index contributed by atoms with van der Waals surface area (Å²) in [4.78, 5) is 0. The zero-order valence-electron chi connectivity index (χ0n) is 13.7. The van der Waals surface area contributed by atoms with Crippen molar-refractivity contribution in [2.75, 3.05) is 6.61 Å². The average molecular weight is 287 g/mol. The van der Waals surface area contributed by atoms with E-state index < -0.39 is 0 Å². The lowest BCUT2D eigenvalue weighted by Crippen LogP contribution is -2.63. The first-order valence-corrected chi connectivity index (χ1v) is 8.60. The van der Waals surface area contributed by atoms with Crippen molar-refractivity contribution >= 4 is 0 Å². The number of hydrogen-bond acceptors (Lipinski definition) is 2. The molecule has 1 aromatic rings. The number of hydrogen-bond donors (Lipinski definition) is 1. The van der Waals surface area contributed by atoms with Crippen LogP contribution in [0.5, 0.6) is 0 Å². The monoisotopic (exact) mass is 287 g/mol. The van der Waals surface area contributed by atoms with E-state index in [0.29, 0.717) is 23.6 Å². The second kappa shape index (κ2) is 6.10. The van der Waals surface area contributed by atoms with Gasteiger partial charge in [-0.2, -0.15) is 0 Å². The fourth-order valence-electron chi connectivity index (χ4n) is 4.37. The molecule has 2 fully saturated rings. The summed E-state index contributed by atoms with van der Waals surface area (Å²) < 4.78 is 6.01. The second-order valence-electron chi connectivity index (χ2n) is 6.97. The molecule has 3 unspecified atom stereocenters. The standard InChI is InChI=1S/C19H29NO/c1-4-21-18-13-17(19(18)11-5-6-12-19)20-15(3)16-9-7-14(2)8-10-16/h7-10,15,17-18,20H,4-6,11-13H2,1-3H3. The normalized spacial score (nSPS) is 28.5. The zero-order chi connectivity index (χ0) is 14.9. The highest BCUT2D eigenvalue weighted by atomic mass is 16.5. The van der Waals surface area contributed by atoms with Crippen molar-refractivity contribution in [1.29, 1.82) is 0 Å². The van der Waals surface area contributed by atoms with E-state index in [1.54, 1.807) is 0 Å². The third kappa shape index (κ3) is 2.76. The smallest absolute Gasteiger partial charge is 0.0661 e. The summed E-state index contributed by atoms with van der Waals surface area (Å²) in [6, 6.07) is 9.99. The van der Waals surface area contributed by atoms with E-state index in [9.17, 15) is 0 Å². The molecule has 1 N–H and O–H groups in total.